The molecule has 0 unspecified atom stereocenters. The third-order valence-electron chi connectivity index (χ3n) is 3.71. The second-order valence-corrected chi connectivity index (χ2v) is 6.45. The van der Waals surface area contributed by atoms with Gasteiger partial charge in [-0.25, -0.2) is 13.8 Å². The fraction of sp³-hybridized carbons (Fsp3) is 0.158. The Hall–Kier alpha value is -2.07. The van der Waals surface area contributed by atoms with E-state index in [1.54, 1.807) is 18.4 Å². The lowest BCUT2D eigenvalue weighted by Crippen LogP contribution is -2.36. The summed E-state index contributed by atoms with van der Waals surface area (Å²) in [6.07, 6.45) is 0. The molecule has 0 saturated carbocycles. The standard InChI is InChI=1S/C19H18F2N4S.HI/c1-22-19(23-10-14-9-15(20)7-8-16(14)21)24-11-18-25-17(12-26-18)13-5-3-2-4-6-13;/h2-9,12H,10-11H2,1H3,(H2,22,23,24);1H. The number of nitrogens with zero attached hydrogens (tertiary/aromatic N) is 2. The second kappa shape index (κ2) is 10.3. The van der Waals surface area contributed by atoms with E-state index in [0.29, 0.717) is 12.5 Å². The van der Waals surface area contributed by atoms with E-state index >= 15 is 0 Å². The van der Waals surface area contributed by atoms with Gasteiger partial charge in [0.25, 0.3) is 0 Å². The van der Waals surface area contributed by atoms with Crippen LogP contribution in [0.5, 0.6) is 0 Å². The van der Waals surface area contributed by atoms with Crippen LogP contribution in [0.2, 0.25) is 0 Å². The SMILES string of the molecule is CN=C(NCc1nc(-c2ccccc2)cs1)NCc1cc(F)ccc1F.I. The summed E-state index contributed by atoms with van der Waals surface area (Å²) in [6, 6.07) is 13.3. The van der Waals surface area contributed by atoms with Crippen molar-refractivity contribution < 1.29 is 8.78 Å². The largest absolute Gasteiger partial charge is 0.352 e. The monoisotopic (exact) mass is 500 g/mol. The van der Waals surface area contributed by atoms with E-state index in [1.807, 2.05) is 35.7 Å². The zero-order valence-corrected chi connectivity index (χ0v) is 17.7. The minimum atomic E-state index is -0.470. The summed E-state index contributed by atoms with van der Waals surface area (Å²) < 4.78 is 26.9. The van der Waals surface area contributed by atoms with Gasteiger partial charge in [0.15, 0.2) is 5.96 Å². The van der Waals surface area contributed by atoms with E-state index in [-0.39, 0.29) is 36.1 Å². The number of benzene rings is 2. The van der Waals surface area contributed by atoms with Gasteiger partial charge in [-0.05, 0) is 18.2 Å². The Bertz CT molecular complexity index is 900. The van der Waals surface area contributed by atoms with Crippen LogP contribution >= 0.6 is 35.3 Å². The minimum Gasteiger partial charge on any atom is -0.352 e. The Balaban J connectivity index is 0.00000261. The molecule has 0 aliphatic heterocycles. The van der Waals surface area contributed by atoms with Crippen LogP contribution in [0, 0.1) is 11.6 Å². The normalized spacial score (nSPS) is 11.0. The fourth-order valence-electron chi connectivity index (χ4n) is 2.37. The number of halogens is 3. The van der Waals surface area contributed by atoms with E-state index in [9.17, 15) is 8.78 Å². The van der Waals surface area contributed by atoms with Crippen LogP contribution in [-0.2, 0) is 13.1 Å². The minimum absolute atomic E-state index is 0. The van der Waals surface area contributed by atoms with Gasteiger partial charge in [-0.1, -0.05) is 30.3 Å². The Labute approximate surface area is 177 Å². The third-order valence-corrected chi connectivity index (χ3v) is 4.55. The van der Waals surface area contributed by atoms with Gasteiger partial charge in [0.2, 0.25) is 0 Å². The average molecular weight is 500 g/mol. The molecular formula is C19H19F2IN4S. The zero-order valence-electron chi connectivity index (χ0n) is 14.6. The number of guanidine groups is 1. The van der Waals surface area contributed by atoms with Gasteiger partial charge in [0, 0.05) is 30.1 Å². The van der Waals surface area contributed by atoms with Gasteiger partial charge in [0.1, 0.15) is 16.6 Å². The zero-order chi connectivity index (χ0) is 18.4. The van der Waals surface area contributed by atoms with Crippen molar-refractivity contribution in [1.82, 2.24) is 15.6 Å². The highest BCUT2D eigenvalue weighted by molar-refractivity contribution is 14.0. The highest BCUT2D eigenvalue weighted by atomic mass is 127. The molecule has 2 N–H and O–H groups in total. The molecule has 0 fully saturated rings. The van der Waals surface area contributed by atoms with Gasteiger partial charge < -0.3 is 10.6 Å². The van der Waals surface area contributed by atoms with Crippen LogP contribution in [0.15, 0.2) is 58.9 Å². The van der Waals surface area contributed by atoms with Gasteiger partial charge in [-0.3, -0.25) is 4.99 Å². The van der Waals surface area contributed by atoms with Crippen LogP contribution in [0.1, 0.15) is 10.6 Å². The van der Waals surface area contributed by atoms with Crippen LogP contribution in [0.3, 0.4) is 0 Å². The Morgan fingerprint density at radius 3 is 2.56 bits per heavy atom. The van der Waals surface area contributed by atoms with Gasteiger partial charge in [0.05, 0.1) is 12.2 Å². The molecule has 0 bridgehead atoms. The van der Waals surface area contributed by atoms with Crippen molar-refractivity contribution in [3.63, 3.8) is 0 Å². The topological polar surface area (TPSA) is 49.3 Å². The first-order valence-corrected chi connectivity index (χ1v) is 8.92. The molecule has 27 heavy (non-hydrogen) atoms. The molecule has 0 spiro atoms. The number of aliphatic imine (C=N–C) groups is 1. The number of rotatable bonds is 5. The van der Waals surface area contributed by atoms with E-state index in [4.69, 9.17) is 0 Å². The van der Waals surface area contributed by atoms with E-state index < -0.39 is 11.6 Å². The molecule has 0 saturated heterocycles. The van der Waals surface area contributed by atoms with E-state index in [1.165, 1.54) is 6.07 Å². The number of hydrogen-bond acceptors (Lipinski definition) is 3. The van der Waals surface area contributed by atoms with Crippen molar-refractivity contribution in [2.24, 2.45) is 4.99 Å². The van der Waals surface area contributed by atoms with Gasteiger partial charge in [-0.2, -0.15) is 0 Å². The fourth-order valence-corrected chi connectivity index (χ4v) is 3.11. The summed E-state index contributed by atoms with van der Waals surface area (Å²) in [6.45, 7) is 0.624. The number of thiazole rings is 1. The van der Waals surface area contributed by atoms with E-state index in [2.05, 4.69) is 20.6 Å². The predicted molar refractivity (Wildman–Crippen MR) is 116 cm³/mol. The Kier molecular flexibility index (Phi) is 8.11. The van der Waals surface area contributed by atoms with Crippen molar-refractivity contribution in [3.8, 4) is 11.3 Å². The maximum Gasteiger partial charge on any atom is 0.191 e. The van der Waals surface area contributed by atoms with E-state index in [0.717, 1.165) is 28.4 Å². The second-order valence-electron chi connectivity index (χ2n) is 5.51. The van der Waals surface area contributed by atoms with Crippen LogP contribution in [-0.4, -0.2) is 18.0 Å². The van der Waals surface area contributed by atoms with Gasteiger partial charge in [-0.15, -0.1) is 35.3 Å². The summed E-state index contributed by atoms with van der Waals surface area (Å²) in [4.78, 5) is 8.68. The quantitative estimate of drug-likeness (QED) is 0.307. The molecule has 0 atom stereocenters. The molecule has 0 amide bonds. The summed E-state index contributed by atoms with van der Waals surface area (Å²) >= 11 is 1.55. The lowest BCUT2D eigenvalue weighted by Gasteiger charge is -2.11. The highest BCUT2D eigenvalue weighted by Crippen LogP contribution is 2.21. The summed E-state index contributed by atoms with van der Waals surface area (Å²) in [5.74, 6) is -0.436. The molecule has 142 valence electrons. The van der Waals surface area contributed by atoms with Crippen molar-refractivity contribution in [3.05, 3.63) is 76.1 Å². The Morgan fingerprint density at radius 1 is 1.07 bits per heavy atom. The number of aromatic nitrogens is 1. The molecule has 4 nitrogen and oxygen atoms in total. The molecule has 0 aliphatic carbocycles. The first-order valence-electron chi connectivity index (χ1n) is 8.04. The maximum atomic E-state index is 13.7. The van der Waals surface area contributed by atoms with Crippen molar-refractivity contribution in [1.29, 1.82) is 0 Å². The van der Waals surface area contributed by atoms with Crippen LogP contribution in [0.4, 0.5) is 8.78 Å². The first-order chi connectivity index (χ1) is 12.7. The maximum absolute atomic E-state index is 13.7. The lowest BCUT2D eigenvalue weighted by molar-refractivity contribution is 0.581. The number of nitrogens with one attached hydrogen (secondary N) is 2. The lowest BCUT2D eigenvalue weighted by atomic mass is 10.2. The molecule has 3 aromatic rings. The molecule has 1 heterocycles. The molecular weight excluding hydrogens is 481 g/mol. The average Bonchev–Trinajstić information content (AvgIpc) is 3.14. The van der Waals surface area contributed by atoms with Crippen LogP contribution < -0.4 is 10.6 Å². The predicted octanol–water partition coefficient (Wildman–Crippen LogP) is 4.57. The van der Waals surface area contributed by atoms with Crippen molar-refractivity contribution in [2.45, 2.75) is 13.1 Å². The molecule has 3 rings (SSSR count). The van der Waals surface area contributed by atoms with Crippen molar-refractivity contribution in [2.75, 3.05) is 7.05 Å². The molecule has 0 radical (unpaired) electrons. The molecule has 0 aliphatic rings. The smallest absolute Gasteiger partial charge is 0.191 e. The summed E-state index contributed by atoms with van der Waals surface area (Å²) in [5.41, 5.74) is 2.24. The molecule has 8 heteroatoms. The molecule has 2 aromatic carbocycles. The van der Waals surface area contributed by atoms with Crippen LogP contribution in [0.25, 0.3) is 11.3 Å². The summed E-state index contributed by atoms with van der Waals surface area (Å²) in [5, 5.41) is 9.01. The molecule has 1 aromatic heterocycles. The van der Waals surface area contributed by atoms with Crippen molar-refractivity contribution >= 4 is 41.3 Å². The van der Waals surface area contributed by atoms with Gasteiger partial charge >= 0.3 is 0 Å². The Morgan fingerprint density at radius 2 is 1.81 bits per heavy atom. The third kappa shape index (κ3) is 5.96. The summed E-state index contributed by atoms with van der Waals surface area (Å²) in [7, 11) is 1.62. The highest BCUT2D eigenvalue weighted by Gasteiger charge is 2.07. The number of hydrogen-bond donors (Lipinski definition) is 2. The first kappa shape index (κ1) is 21.2.